The highest BCUT2D eigenvalue weighted by atomic mass is 16.5. The molecule has 1 fully saturated rings. The van der Waals surface area contributed by atoms with E-state index in [4.69, 9.17) is 0 Å². The maximum atomic E-state index is 11.3. The fraction of sp³-hybridized carbons (Fsp3) is 0.529. The van der Waals surface area contributed by atoms with Crippen LogP contribution in [0.5, 0.6) is 0 Å². The summed E-state index contributed by atoms with van der Waals surface area (Å²) in [7, 11) is 1.32. The largest absolute Gasteiger partial charge is 0.453 e. The Morgan fingerprint density at radius 3 is 3.05 bits per heavy atom. The Morgan fingerprint density at radius 2 is 2.36 bits per heavy atom. The predicted molar refractivity (Wildman–Crippen MR) is 87.0 cm³/mol. The van der Waals surface area contributed by atoms with Gasteiger partial charge in [0, 0.05) is 18.8 Å². The Bertz CT molecular complexity index is 564. The van der Waals surface area contributed by atoms with E-state index in [1.165, 1.54) is 26.4 Å². The van der Waals surface area contributed by atoms with Crippen molar-refractivity contribution in [3.05, 3.63) is 23.8 Å². The highest BCUT2D eigenvalue weighted by molar-refractivity contribution is 5.85. The molecule has 0 aromatic heterocycles. The maximum Gasteiger partial charge on any atom is 0.411 e. The molecule has 1 aromatic carbocycles. The normalized spacial score (nSPS) is 17.7. The Balaban J connectivity index is 2.16. The molecule has 0 spiro atoms. The third kappa shape index (κ3) is 3.91. The molecule has 118 valence electrons. The summed E-state index contributed by atoms with van der Waals surface area (Å²) in [5.41, 5.74) is 2.12. The number of carbonyl (C=O) groups is 1. The molecule has 5 heteroatoms. The third-order valence-corrected chi connectivity index (χ3v) is 4.11. The van der Waals surface area contributed by atoms with Gasteiger partial charge in [-0.3, -0.25) is 5.32 Å². The molecule has 1 N–H and O–H groups in total. The van der Waals surface area contributed by atoms with Crippen molar-refractivity contribution in [2.75, 3.05) is 30.4 Å². The average Bonchev–Trinajstić information content (AvgIpc) is 2.55. The molecule has 1 unspecified atom stereocenters. The summed E-state index contributed by atoms with van der Waals surface area (Å²) in [6.07, 6.45) is 4.34. The molecule has 1 aliphatic heterocycles. The number of hydrogen-bond acceptors (Lipinski definition) is 4. The zero-order valence-corrected chi connectivity index (χ0v) is 13.3. The van der Waals surface area contributed by atoms with E-state index in [9.17, 15) is 10.1 Å². The van der Waals surface area contributed by atoms with Gasteiger partial charge in [-0.05, 0) is 43.4 Å². The maximum absolute atomic E-state index is 11.3. The van der Waals surface area contributed by atoms with Crippen LogP contribution >= 0.6 is 0 Å². The fourth-order valence-corrected chi connectivity index (χ4v) is 3.08. The van der Waals surface area contributed by atoms with Crippen molar-refractivity contribution in [3.63, 3.8) is 0 Å². The molecule has 0 radical (unpaired) electrons. The summed E-state index contributed by atoms with van der Waals surface area (Å²) in [5.74, 6) is 0.707. The molecule has 1 aliphatic rings. The Kier molecular flexibility index (Phi) is 5.65. The fourth-order valence-electron chi connectivity index (χ4n) is 3.08. The van der Waals surface area contributed by atoms with Crippen LogP contribution < -0.4 is 10.2 Å². The minimum atomic E-state index is -0.530. The zero-order valence-electron chi connectivity index (χ0n) is 13.3. The molecule has 0 bridgehead atoms. The quantitative estimate of drug-likeness (QED) is 0.919. The van der Waals surface area contributed by atoms with Gasteiger partial charge in [0.25, 0.3) is 0 Å². The molecule has 1 heterocycles. The second-order valence-electron chi connectivity index (χ2n) is 5.70. The van der Waals surface area contributed by atoms with E-state index in [0.717, 1.165) is 25.2 Å². The number of benzene rings is 1. The third-order valence-electron chi connectivity index (χ3n) is 4.11. The van der Waals surface area contributed by atoms with Crippen LogP contribution in [0.3, 0.4) is 0 Å². The van der Waals surface area contributed by atoms with Crippen LogP contribution in [0, 0.1) is 17.2 Å². The summed E-state index contributed by atoms with van der Waals surface area (Å²) in [4.78, 5) is 13.6. The number of piperidine rings is 1. The summed E-state index contributed by atoms with van der Waals surface area (Å²) < 4.78 is 4.57. The molecule has 1 saturated heterocycles. The molecule has 1 amide bonds. The first kappa shape index (κ1) is 16.2. The Hall–Kier alpha value is -2.22. The standard InChI is InChI=1S/C17H23N3O2/c1-3-5-13-6-4-9-20(12-13)16-8-7-15(10-14(16)11-18)19-17(21)22-2/h7-8,10,13H,3-6,9,12H2,1-2H3,(H,19,21). The molecule has 22 heavy (non-hydrogen) atoms. The predicted octanol–water partition coefficient (Wildman–Crippen LogP) is 3.75. The van der Waals surface area contributed by atoms with Crippen molar-refractivity contribution >= 4 is 17.5 Å². The number of methoxy groups -OCH3 is 1. The van der Waals surface area contributed by atoms with Gasteiger partial charge in [-0.15, -0.1) is 0 Å². The molecule has 1 atom stereocenters. The van der Waals surface area contributed by atoms with E-state index >= 15 is 0 Å². The van der Waals surface area contributed by atoms with Gasteiger partial charge < -0.3 is 9.64 Å². The molecular weight excluding hydrogens is 278 g/mol. The van der Waals surface area contributed by atoms with E-state index in [1.807, 2.05) is 12.1 Å². The van der Waals surface area contributed by atoms with Crippen LogP contribution in [0.2, 0.25) is 0 Å². The number of nitrogens with one attached hydrogen (secondary N) is 1. The highest BCUT2D eigenvalue weighted by Crippen LogP contribution is 2.29. The molecular formula is C17H23N3O2. The number of hydrogen-bond donors (Lipinski definition) is 1. The lowest BCUT2D eigenvalue weighted by molar-refractivity contribution is 0.187. The summed E-state index contributed by atoms with van der Waals surface area (Å²) in [6, 6.07) is 7.67. The molecule has 0 saturated carbocycles. The van der Waals surface area contributed by atoms with Crippen LogP contribution in [0.25, 0.3) is 0 Å². The topological polar surface area (TPSA) is 65.4 Å². The van der Waals surface area contributed by atoms with Crippen molar-refractivity contribution in [1.82, 2.24) is 0 Å². The molecule has 0 aliphatic carbocycles. The first-order chi connectivity index (χ1) is 10.7. The van der Waals surface area contributed by atoms with E-state index in [-0.39, 0.29) is 0 Å². The highest BCUT2D eigenvalue weighted by Gasteiger charge is 2.21. The van der Waals surface area contributed by atoms with Gasteiger partial charge >= 0.3 is 6.09 Å². The number of nitriles is 1. The summed E-state index contributed by atoms with van der Waals surface area (Å²) in [5, 5.41) is 12.0. The zero-order chi connectivity index (χ0) is 15.9. The molecule has 2 rings (SSSR count). The number of ether oxygens (including phenoxy) is 1. The monoisotopic (exact) mass is 301 g/mol. The number of amides is 1. The van der Waals surface area contributed by atoms with Crippen LogP contribution in [-0.4, -0.2) is 26.3 Å². The van der Waals surface area contributed by atoms with Gasteiger partial charge in [0.05, 0.1) is 18.4 Å². The second kappa shape index (κ2) is 7.69. The van der Waals surface area contributed by atoms with Crippen LogP contribution in [0.4, 0.5) is 16.2 Å². The minimum Gasteiger partial charge on any atom is -0.453 e. The van der Waals surface area contributed by atoms with Gasteiger partial charge in [-0.2, -0.15) is 5.26 Å². The van der Waals surface area contributed by atoms with Crippen LogP contribution in [-0.2, 0) is 4.74 Å². The first-order valence-electron chi connectivity index (χ1n) is 7.82. The van der Waals surface area contributed by atoms with Crippen molar-refractivity contribution in [2.24, 2.45) is 5.92 Å². The Morgan fingerprint density at radius 1 is 1.55 bits per heavy atom. The van der Waals surface area contributed by atoms with E-state index in [2.05, 4.69) is 27.9 Å². The van der Waals surface area contributed by atoms with Crippen molar-refractivity contribution < 1.29 is 9.53 Å². The van der Waals surface area contributed by atoms with Gasteiger partial charge in [0.15, 0.2) is 0 Å². The average molecular weight is 301 g/mol. The number of carbonyl (C=O) groups excluding carboxylic acids is 1. The smallest absolute Gasteiger partial charge is 0.411 e. The van der Waals surface area contributed by atoms with Gasteiger partial charge in [-0.25, -0.2) is 4.79 Å². The van der Waals surface area contributed by atoms with Crippen LogP contribution in [0.15, 0.2) is 18.2 Å². The lowest BCUT2D eigenvalue weighted by Crippen LogP contribution is -2.35. The Labute approximate surface area is 131 Å². The van der Waals surface area contributed by atoms with Gasteiger partial charge in [0.1, 0.15) is 6.07 Å². The number of nitrogens with zero attached hydrogens (tertiary/aromatic N) is 2. The minimum absolute atomic E-state index is 0.530. The lowest BCUT2D eigenvalue weighted by Gasteiger charge is -2.35. The number of rotatable bonds is 4. The van der Waals surface area contributed by atoms with Crippen LogP contribution in [0.1, 0.15) is 38.2 Å². The first-order valence-corrected chi connectivity index (χ1v) is 7.82. The van der Waals surface area contributed by atoms with E-state index < -0.39 is 6.09 Å². The summed E-state index contributed by atoms with van der Waals surface area (Å²) in [6.45, 7) is 4.21. The van der Waals surface area contributed by atoms with Crippen molar-refractivity contribution in [3.8, 4) is 6.07 Å². The van der Waals surface area contributed by atoms with Gasteiger partial charge in [-0.1, -0.05) is 13.3 Å². The second-order valence-corrected chi connectivity index (χ2v) is 5.70. The lowest BCUT2D eigenvalue weighted by atomic mass is 9.93. The summed E-state index contributed by atoms with van der Waals surface area (Å²) >= 11 is 0. The molecule has 5 nitrogen and oxygen atoms in total. The van der Waals surface area contributed by atoms with Crippen molar-refractivity contribution in [2.45, 2.75) is 32.6 Å². The van der Waals surface area contributed by atoms with E-state index in [0.29, 0.717) is 17.2 Å². The molecule has 1 aromatic rings. The number of anilines is 2. The SMILES string of the molecule is CCCC1CCCN(c2ccc(NC(=O)OC)cc2C#N)C1. The van der Waals surface area contributed by atoms with Crippen molar-refractivity contribution in [1.29, 1.82) is 5.26 Å². The van der Waals surface area contributed by atoms with E-state index in [1.54, 1.807) is 6.07 Å². The van der Waals surface area contributed by atoms with Gasteiger partial charge in [0.2, 0.25) is 0 Å².